The van der Waals surface area contributed by atoms with Crippen molar-refractivity contribution in [1.82, 2.24) is 0 Å². The molecule has 154 valence electrons. The molecule has 0 heterocycles. The van der Waals surface area contributed by atoms with E-state index in [4.69, 9.17) is 9.16 Å². The molecule has 3 nitrogen and oxygen atoms in total. The molecule has 0 aliphatic heterocycles. The molecule has 0 N–H and O–H groups in total. The van der Waals surface area contributed by atoms with Crippen LogP contribution in [0.25, 0.3) is 0 Å². The predicted octanol–water partition coefficient (Wildman–Crippen LogP) is 6.14. The van der Waals surface area contributed by atoms with Gasteiger partial charge >= 0.3 is 12.1 Å². The van der Waals surface area contributed by atoms with Crippen LogP contribution >= 0.6 is 11.8 Å². The molecule has 0 saturated carbocycles. The van der Waals surface area contributed by atoms with E-state index in [0.29, 0.717) is 12.2 Å². The summed E-state index contributed by atoms with van der Waals surface area (Å²) in [5.41, 5.74) is -0.656. The average Bonchev–Trinajstić information content (AvgIpc) is 2.52. The third kappa shape index (κ3) is 7.87. The van der Waals surface area contributed by atoms with E-state index in [9.17, 15) is 18.0 Å². The van der Waals surface area contributed by atoms with E-state index in [1.807, 2.05) is 0 Å². The molecule has 1 rings (SSSR count). The van der Waals surface area contributed by atoms with Crippen LogP contribution in [0.15, 0.2) is 29.2 Å². The van der Waals surface area contributed by atoms with Crippen molar-refractivity contribution in [2.45, 2.75) is 68.9 Å². The Morgan fingerprint density at radius 1 is 1.15 bits per heavy atom. The Morgan fingerprint density at radius 2 is 1.70 bits per heavy atom. The maximum Gasteiger partial charge on any atom is 0.416 e. The topological polar surface area (TPSA) is 35.5 Å². The van der Waals surface area contributed by atoms with E-state index in [2.05, 4.69) is 33.9 Å². The maximum atomic E-state index is 12.6. The molecule has 1 aromatic carbocycles. The van der Waals surface area contributed by atoms with E-state index < -0.39 is 20.1 Å². The van der Waals surface area contributed by atoms with Crippen LogP contribution in [-0.4, -0.2) is 33.3 Å². The highest BCUT2D eigenvalue weighted by Gasteiger charge is 2.39. The van der Waals surface area contributed by atoms with Gasteiger partial charge in [0, 0.05) is 10.6 Å². The summed E-state index contributed by atoms with van der Waals surface area (Å²) >= 11 is 1.45. The number of halogens is 3. The zero-order chi connectivity index (χ0) is 20.9. The number of carbonyl (C=O) groups excluding carboxylic acids is 1. The molecule has 0 saturated heterocycles. The van der Waals surface area contributed by atoms with Crippen LogP contribution in [-0.2, 0) is 20.1 Å². The van der Waals surface area contributed by atoms with E-state index in [-0.39, 0.29) is 23.5 Å². The van der Waals surface area contributed by atoms with Crippen molar-refractivity contribution in [2.75, 3.05) is 12.9 Å². The predicted molar refractivity (Wildman–Crippen MR) is 105 cm³/mol. The molecule has 0 aliphatic carbocycles. The summed E-state index contributed by atoms with van der Waals surface area (Å²) in [6.07, 6.45) is -3.80. The second-order valence-corrected chi connectivity index (χ2v) is 13.9. The summed E-state index contributed by atoms with van der Waals surface area (Å²) in [5.74, 6) is 0.319. The summed E-state index contributed by atoms with van der Waals surface area (Å²) < 4.78 is 49.0. The first-order valence-corrected chi connectivity index (χ1v) is 12.7. The molecule has 8 heteroatoms. The standard InChI is InChI=1S/C19H29F3O3SSi/c1-18(2,3)27(5,6)25-15(13-17(23)24-4)11-12-26-16-9-7-14(8-10-16)19(20,21)22/h7-10,15H,11-13H2,1-6H3. The summed E-state index contributed by atoms with van der Waals surface area (Å²) in [4.78, 5) is 12.5. The van der Waals surface area contributed by atoms with Crippen molar-refractivity contribution in [2.24, 2.45) is 0 Å². The number of esters is 1. The molecule has 1 aromatic rings. The molecule has 0 spiro atoms. The molecule has 1 atom stereocenters. The minimum absolute atomic E-state index is 0.0158. The molecule has 0 fully saturated rings. The summed E-state index contributed by atoms with van der Waals surface area (Å²) in [6.45, 7) is 10.6. The van der Waals surface area contributed by atoms with Gasteiger partial charge in [0.15, 0.2) is 8.32 Å². The molecule has 0 bridgehead atoms. The van der Waals surface area contributed by atoms with Crippen molar-refractivity contribution in [3.8, 4) is 0 Å². The Kier molecular flexibility index (Phi) is 8.44. The highest BCUT2D eigenvalue weighted by atomic mass is 32.2. The number of thioether (sulfide) groups is 1. The average molecular weight is 423 g/mol. The van der Waals surface area contributed by atoms with Gasteiger partial charge in [0.1, 0.15) is 0 Å². The monoisotopic (exact) mass is 422 g/mol. The van der Waals surface area contributed by atoms with Crippen LogP contribution in [0.2, 0.25) is 18.1 Å². The Bertz CT molecular complexity index is 610. The summed E-state index contributed by atoms with van der Waals surface area (Å²) in [6, 6.07) is 5.11. The van der Waals surface area contributed by atoms with Crippen molar-refractivity contribution < 1.29 is 27.1 Å². The fourth-order valence-corrected chi connectivity index (χ4v) is 4.45. The minimum Gasteiger partial charge on any atom is -0.469 e. The normalized spacial score (nSPS) is 14.1. The van der Waals surface area contributed by atoms with Crippen LogP contribution in [0.5, 0.6) is 0 Å². The van der Waals surface area contributed by atoms with Crippen molar-refractivity contribution in [1.29, 1.82) is 0 Å². The lowest BCUT2D eigenvalue weighted by molar-refractivity contribution is -0.142. The molecule has 0 aromatic heterocycles. The van der Waals surface area contributed by atoms with E-state index in [0.717, 1.165) is 17.0 Å². The van der Waals surface area contributed by atoms with Crippen LogP contribution in [0.1, 0.15) is 39.2 Å². The third-order valence-corrected chi connectivity index (χ3v) is 10.4. The highest BCUT2D eigenvalue weighted by Crippen LogP contribution is 2.38. The zero-order valence-corrected chi connectivity index (χ0v) is 18.6. The molecular formula is C19H29F3O3SSi. The number of hydrogen-bond acceptors (Lipinski definition) is 4. The fourth-order valence-electron chi connectivity index (χ4n) is 2.11. The molecule has 1 unspecified atom stereocenters. The number of rotatable bonds is 8. The molecule has 0 aliphatic rings. The number of methoxy groups -OCH3 is 1. The van der Waals surface area contributed by atoms with Crippen LogP contribution in [0.3, 0.4) is 0 Å². The second-order valence-electron chi connectivity index (χ2n) is 7.94. The van der Waals surface area contributed by atoms with Crippen molar-refractivity contribution >= 4 is 26.0 Å². The highest BCUT2D eigenvalue weighted by molar-refractivity contribution is 7.99. The summed E-state index contributed by atoms with van der Waals surface area (Å²) in [5, 5.41) is 0.0158. The fraction of sp³-hybridized carbons (Fsp3) is 0.632. The summed E-state index contributed by atoms with van der Waals surface area (Å²) in [7, 11) is -0.697. The Balaban J connectivity index is 2.69. The lowest BCUT2D eigenvalue weighted by Gasteiger charge is -2.39. The first-order valence-electron chi connectivity index (χ1n) is 8.81. The zero-order valence-electron chi connectivity index (χ0n) is 16.8. The van der Waals surface area contributed by atoms with Gasteiger partial charge in [-0.25, -0.2) is 0 Å². The van der Waals surface area contributed by atoms with Gasteiger partial charge in [0.25, 0.3) is 0 Å². The second kappa shape index (κ2) is 9.47. The van der Waals surface area contributed by atoms with Gasteiger partial charge in [-0.05, 0) is 48.8 Å². The van der Waals surface area contributed by atoms with E-state index in [1.165, 1.54) is 31.0 Å². The first kappa shape index (κ1) is 24.0. The lowest BCUT2D eigenvalue weighted by Crippen LogP contribution is -2.44. The number of ether oxygens (including phenoxy) is 1. The van der Waals surface area contributed by atoms with Gasteiger partial charge in [-0.2, -0.15) is 13.2 Å². The number of benzene rings is 1. The van der Waals surface area contributed by atoms with Gasteiger partial charge in [0.05, 0.1) is 25.2 Å². The van der Waals surface area contributed by atoms with Crippen molar-refractivity contribution in [3.63, 3.8) is 0 Å². The molecule has 27 heavy (non-hydrogen) atoms. The Labute approximate surface area is 165 Å². The third-order valence-electron chi connectivity index (χ3n) is 4.78. The van der Waals surface area contributed by atoms with Gasteiger partial charge in [-0.1, -0.05) is 20.8 Å². The smallest absolute Gasteiger partial charge is 0.416 e. The van der Waals surface area contributed by atoms with Crippen LogP contribution in [0, 0.1) is 0 Å². The molecule has 0 radical (unpaired) electrons. The maximum absolute atomic E-state index is 12.6. The number of hydrogen-bond donors (Lipinski definition) is 0. The Hall–Kier alpha value is -0.993. The quantitative estimate of drug-likeness (QED) is 0.286. The van der Waals surface area contributed by atoms with Gasteiger partial charge in [-0.3, -0.25) is 4.79 Å². The Morgan fingerprint density at radius 3 is 2.15 bits per heavy atom. The van der Waals surface area contributed by atoms with Gasteiger partial charge in [-0.15, -0.1) is 11.8 Å². The van der Waals surface area contributed by atoms with Gasteiger partial charge < -0.3 is 9.16 Å². The number of alkyl halides is 3. The minimum atomic E-state index is -4.33. The number of carbonyl (C=O) groups is 1. The van der Waals surface area contributed by atoms with Crippen LogP contribution in [0.4, 0.5) is 13.2 Å². The molecule has 0 amide bonds. The van der Waals surface area contributed by atoms with Crippen molar-refractivity contribution in [3.05, 3.63) is 29.8 Å². The van der Waals surface area contributed by atoms with Gasteiger partial charge in [0.2, 0.25) is 0 Å². The van der Waals surface area contributed by atoms with E-state index in [1.54, 1.807) is 0 Å². The van der Waals surface area contributed by atoms with E-state index >= 15 is 0 Å². The van der Waals surface area contributed by atoms with Crippen LogP contribution < -0.4 is 0 Å². The first-order chi connectivity index (χ1) is 12.3. The largest absolute Gasteiger partial charge is 0.469 e. The SMILES string of the molecule is COC(=O)CC(CCSc1ccc(C(F)(F)F)cc1)O[Si](C)(C)C(C)(C)C. The lowest BCUT2D eigenvalue weighted by atomic mass is 10.2. The molecular weight excluding hydrogens is 393 g/mol.